The van der Waals surface area contributed by atoms with Gasteiger partial charge in [-0.25, -0.2) is 0 Å². The maximum Gasteiger partial charge on any atom is 0.223 e. The van der Waals surface area contributed by atoms with Crippen molar-refractivity contribution >= 4 is 21.8 Å². The van der Waals surface area contributed by atoms with Crippen molar-refractivity contribution in [3.05, 3.63) is 34.3 Å². The van der Waals surface area contributed by atoms with E-state index < -0.39 is 0 Å². The highest BCUT2D eigenvalue weighted by Crippen LogP contribution is 2.28. The molecule has 3 nitrogen and oxygen atoms in total. The van der Waals surface area contributed by atoms with Gasteiger partial charge in [-0.2, -0.15) is 0 Å². The Bertz CT molecular complexity index is 391. The second-order valence-corrected chi connectivity index (χ2v) is 5.29. The number of hydrogen-bond acceptors (Lipinski definition) is 2. The highest BCUT2D eigenvalue weighted by atomic mass is 79.9. The molecular formula is C13H17BrN2O. The van der Waals surface area contributed by atoms with Crippen LogP contribution in [0.4, 0.5) is 0 Å². The lowest BCUT2D eigenvalue weighted by atomic mass is 10.2. The third-order valence-corrected chi connectivity index (χ3v) is 3.26. The van der Waals surface area contributed by atoms with Gasteiger partial charge in [0.25, 0.3) is 0 Å². The highest BCUT2D eigenvalue weighted by molar-refractivity contribution is 9.10. The first-order valence-corrected chi connectivity index (χ1v) is 6.78. The Labute approximate surface area is 110 Å². The standard InChI is InChI=1S/C13H17BrN2O/c14-12-3-1-2-10(8-12)9-15-6-7-16-13(17)11-4-5-11/h1-3,8,11,15H,4-7,9H2,(H,16,17). The van der Waals surface area contributed by atoms with Gasteiger partial charge in [-0.1, -0.05) is 28.1 Å². The zero-order chi connectivity index (χ0) is 12.1. The SMILES string of the molecule is O=C(NCCNCc1cccc(Br)c1)C1CC1. The zero-order valence-electron chi connectivity index (χ0n) is 9.71. The lowest BCUT2D eigenvalue weighted by molar-refractivity contribution is -0.122. The van der Waals surface area contributed by atoms with Crippen molar-refractivity contribution in [2.24, 2.45) is 5.92 Å². The molecule has 1 fully saturated rings. The molecule has 1 aromatic carbocycles. The summed E-state index contributed by atoms with van der Waals surface area (Å²) in [5, 5.41) is 6.24. The molecular weight excluding hydrogens is 280 g/mol. The molecule has 17 heavy (non-hydrogen) atoms. The van der Waals surface area contributed by atoms with Crippen molar-refractivity contribution in [3.63, 3.8) is 0 Å². The average Bonchev–Trinajstić information content (AvgIpc) is 3.12. The first kappa shape index (κ1) is 12.6. The fraction of sp³-hybridized carbons (Fsp3) is 0.462. The molecule has 0 aromatic heterocycles. The van der Waals surface area contributed by atoms with Gasteiger partial charge in [0.05, 0.1) is 0 Å². The van der Waals surface area contributed by atoms with Gasteiger partial charge in [-0.3, -0.25) is 4.79 Å². The Balaban J connectivity index is 1.58. The lowest BCUT2D eigenvalue weighted by Gasteiger charge is -2.06. The van der Waals surface area contributed by atoms with Crippen LogP contribution in [-0.2, 0) is 11.3 Å². The van der Waals surface area contributed by atoms with Crippen LogP contribution in [0.5, 0.6) is 0 Å². The van der Waals surface area contributed by atoms with Crippen LogP contribution in [0, 0.1) is 5.92 Å². The summed E-state index contributed by atoms with van der Waals surface area (Å²) >= 11 is 3.44. The highest BCUT2D eigenvalue weighted by Gasteiger charge is 2.28. The monoisotopic (exact) mass is 296 g/mol. The van der Waals surface area contributed by atoms with Gasteiger partial charge in [-0.15, -0.1) is 0 Å². The van der Waals surface area contributed by atoms with Crippen molar-refractivity contribution < 1.29 is 4.79 Å². The fourth-order valence-electron chi connectivity index (χ4n) is 1.64. The van der Waals surface area contributed by atoms with Crippen molar-refractivity contribution in [2.75, 3.05) is 13.1 Å². The van der Waals surface area contributed by atoms with E-state index in [2.05, 4.69) is 38.7 Å². The Kier molecular flexibility index (Phi) is 4.57. The Morgan fingerprint density at radius 1 is 1.35 bits per heavy atom. The molecule has 1 amide bonds. The second kappa shape index (κ2) is 6.17. The minimum Gasteiger partial charge on any atom is -0.355 e. The third-order valence-electron chi connectivity index (χ3n) is 2.77. The van der Waals surface area contributed by atoms with E-state index in [9.17, 15) is 4.79 Å². The third kappa shape index (κ3) is 4.48. The van der Waals surface area contributed by atoms with Crippen LogP contribution in [0.2, 0.25) is 0 Å². The molecule has 0 bridgehead atoms. The largest absolute Gasteiger partial charge is 0.355 e. The molecule has 0 spiro atoms. The fourth-order valence-corrected chi connectivity index (χ4v) is 2.09. The van der Waals surface area contributed by atoms with E-state index in [1.165, 1.54) is 5.56 Å². The van der Waals surface area contributed by atoms with Crippen LogP contribution < -0.4 is 10.6 Å². The molecule has 2 N–H and O–H groups in total. The average molecular weight is 297 g/mol. The minimum atomic E-state index is 0.217. The zero-order valence-corrected chi connectivity index (χ0v) is 11.3. The molecule has 4 heteroatoms. The van der Waals surface area contributed by atoms with Crippen LogP contribution in [0.3, 0.4) is 0 Å². The molecule has 0 atom stereocenters. The molecule has 1 saturated carbocycles. The van der Waals surface area contributed by atoms with Crippen LogP contribution in [0.25, 0.3) is 0 Å². The molecule has 1 aliphatic carbocycles. The van der Waals surface area contributed by atoms with Crippen LogP contribution in [0.1, 0.15) is 18.4 Å². The number of amides is 1. The summed E-state index contributed by atoms with van der Waals surface area (Å²) < 4.78 is 1.10. The van der Waals surface area contributed by atoms with Crippen molar-refractivity contribution in [3.8, 4) is 0 Å². The van der Waals surface area contributed by atoms with Crippen molar-refractivity contribution in [1.29, 1.82) is 0 Å². The summed E-state index contributed by atoms with van der Waals surface area (Å²) in [4.78, 5) is 11.3. The maximum absolute atomic E-state index is 11.3. The topological polar surface area (TPSA) is 41.1 Å². The lowest BCUT2D eigenvalue weighted by Crippen LogP contribution is -2.32. The second-order valence-electron chi connectivity index (χ2n) is 4.37. The Morgan fingerprint density at radius 2 is 2.18 bits per heavy atom. The quantitative estimate of drug-likeness (QED) is 0.789. The van der Waals surface area contributed by atoms with E-state index >= 15 is 0 Å². The van der Waals surface area contributed by atoms with E-state index in [1.54, 1.807) is 0 Å². The molecule has 0 unspecified atom stereocenters. The Morgan fingerprint density at radius 3 is 2.88 bits per heavy atom. The van der Waals surface area contributed by atoms with Gasteiger partial charge >= 0.3 is 0 Å². The molecule has 92 valence electrons. The summed E-state index contributed by atoms with van der Waals surface area (Å²) in [7, 11) is 0. The van der Waals surface area contributed by atoms with Gasteiger partial charge < -0.3 is 10.6 Å². The van der Waals surface area contributed by atoms with Crippen LogP contribution >= 0.6 is 15.9 Å². The van der Waals surface area contributed by atoms with Gasteiger partial charge in [0.2, 0.25) is 5.91 Å². The predicted molar refractivity (Wildman–Crippen MR) is 71.6 cm³/mol. The van der Waals surface area contributed by atoms with E-state index in [1.807, 2.05) is 12.1 Å². The van der Waals surface area contributed by atoms with Crippen molar-refractivity contribution in [2.45, 2.75) is 19.4 Å². The van der Waals surface area contributed by atoms with Gasteiger partial charge in [-0.05, 0) is 30.5 Å². The van der Waals surface area contributed by atoms with Crippen LogP contribution in [0.15, 0.2) is 28.7 Å². The summed E-state index contributed by atoms with van der Waals surface area (Å²) in [5.41, 5.74) is 1.24. The summed E-state index contributed by atoms with van der Waals surface area (Å²) in [6.07, 6.45) is 2.13. The van der Waals surface area contributed by atoms with Crippen molar-refractivity contribution in [1.82, 2.24) is 10.6 Å². The van der Waals surface area contributed by atoms with Crippen LogP contribution in [-0.4, -0.2) is 19.0 Å². The summed E-state index contributed by atoms with van der Waals surface area (Å²) in [6.45, 7) is 2.35. The van der Waals surface area contributed by atoms with E-state index in [0.717, 1.165) is 30.4 Å². The minimum absolute atomic E-state index is 0.217. The van der Waals surface area contributed by atoms with E-state index in [4.69, 9.17) is 0 Å². The number of nitrogens with one attached hydrogen (secondary N) is 2. The maximum atomic E-state index is 11.3. The molecule has 0 heterocycles. The number of halogens is 1. The molecule has 0 radical (unpaired) electrons. The molecule has 1 aliphatic rings. The summed E-state index contributed by atoms with van der Waals surface area (Å²) in [6, 6.07) is 8.21. The molecule has 2 rings (SSSR count). The van der Waals surface area contributed by atoms with E-state index in [0.29, 0.717) is 12.5 Å². The van der Waals surface area contributed by atoms with E-state index in [-0.39, 0.29) is 5.91 Å². The normalized spacial score (nSPS) is 14.6. The smallest absolute Gasteiger partial charge is 0.223 e. The molecule has 0 saturated heterocycles. The Hall–Kier alpha value is -0.870. The summed E-state index contributed by atoms with van der Waals surface area (Å²) in [5.74, 6) is 0.523. The van der Waals surface area contributed by atoms with Gasteiger partial charge in [0, 0.05) is 30.0 Å². The number of carbonyl (C=O) groups is 1. The molecule has 1 aromatic rings. The number of carbonyl (C=O) groups excluding carboxylic acids is 1. The number of benzene rings is 1. The van der Waals surface area contributed by atoms with Gasteiger partial charge in [0.15, 0.2) is 0 Å². The van der Waals surface area contributed by atoms with Gasteiger partial charge in [0.1, 0.15) is 0 Å². The molecule has 0 aliphatic heterocycles. The first-order valence-electron chi connectivity index (χ1n) is 5.98. The predicted octanol–water partition coefficient (Wildman–Crippen LogP) is 2.06. The number of rotatable bonds is 6. The first-order chi connectivity index (χ1) is 8.25. The number of hydrogen-bond donors (Lipinski definition) is 2.